The Morgan fingerprint density at radius 3 is 2.55 bits per heavy atom. The van der Waals surface area contributed by atoms with Crippen LogP contribution in [-0.4, -0.2) is 27.3 Å². The molecule has 0 fully saturated rings. The lowest BCUT2D eigenvalue weighted by molar-refractivity contribution is 0.588. The van der Waals surface area contributed by atoms with E-state index in [9.17, 15) is 12.8 Å². The van der Waals surface area contributed by atoms with Crippen LogP contribution < -0.4 is 5.73 Å². The predicted octanol–water partition coefficient (Wildman–Crippen LogP) is 3.40. The predicted molar refractivity (Wildman–Crippen MR) is 109 cm³/mol. The van der Waals surface area contributed by atoms with E-state index in [1.54, 1.807) is 12.1 Å². The first-order valence-electron chi connectivity index (χ1n) is 8.55. The van der Waals surface area contributed by atoms with Gasteiger partial charge in [-0.15, -0.1) is 0 Å². The van der Waals surface area contributed by atoms with Crippen LogP contribution >= 0.6 is 0 Å². The molecule has 0 aliphatic rings. The number of hydrogen-bond acceptors (Lipinski definition) is 6. The van der Waals surface area contributed by atoms with Crippen molar-refractivity contribution < 1.29 is 12.8 Å². The molecular formula is C20H16FN5O2S. The molecule has 29 heavy (non-hydrogen) atoms. The molecule has 0 bridgehead atoms. The first-order chi connectivity index (χ1) is 13.8. The van der Waals surface area contributed by atoms with E-state index in [-0.39, 0.29) is 27.6 Å². The van der Waals surface area contributed by atoms with E-state index in [1.165, 1.54) is 36.7 Å². The molecule has 4 rings (SSSR count). The number of nitrogens with zero attached hydrogens (tertiary/aromatic N) is 4. The average molecular weight is 409 g/mol. The number of aryl methyl sites for hydroxylation is 1. The molecular weight excluding hydrogens is 393 g/mol. The number of hydrogen-bond donors (Lipinski definition) is 1. The SMILES string of the molecule is C=Cc1cnc(-c2cn(S(=O)(=O)c3ccc(C)cc3)c3ncc(F)cc23)nc1N. The van der Waals surface area contributed by atoms with Crippen molar-refractivity contribution >= 4 is 33.0 Å². The number of aromatic nitrogens is 4. The normalized spacial score (nSPS) is 11.7. The van der Waals surface area contributed by atoms with E-state index in [0.29, 0.717) is 11.1 Å². The molecule has 0 aliphatic heterocycles. The number of halogens is 1. The van der Waals surface area contributed by atoms with Gasteiger partial charge in [-0.05, 0) is 25.1 Å². The van der Waals surface area contributed by atoms with Gasteiger partial charge in [0, 0.05) is 28.9 Å². The number of nitrogens with two attached hydrogens (primary N) is 1. The minimum absolute atomic E-state index is 0.0666. The van der Waals surface area contributed by atoms with Crippen LogP contribution in [0.5, 0.6) is 0 Å². The Kier molecular flexibility index (Phi) is 4.39. The first kappa shape index (κ1) is 18.8. The molecule has 2 N–H and O–H groups in total. The maximum absolute atomic E-state index is 13.9. The number of pyridine rings is 1. The van der Waals surface area contributed by atoms with E-state index in [0.717, 1.165) is 15.7 Å². The second-order valence-electron chi connectivity index (χ2n) is 6.42. The van der Waals surface area contributed by atoms with Crippen molar-refractivity contribution in [1.29, 1.82) is 0 Å². The Balaban J connectivity index is 1.99. The fourth-order valence-corrected chi connectivity index (χ4v) is 4.25. The van der Waals surface area contributed by atoms with Gasteiger partial charge in [-0.25, -0.2) is 31.7 Å². The maximum atomic E-state index is 13.9. The molecule has 146 valence electrons. The van der Waals surface area contributed by atoms with E-state index >= 15 is 0 Å². The van der Waals surface area contributed by atoms with Crippen LogP contribution in [0.15, 0.2) is 60.4 Å². The van der Waals surface area contributed by atoms with Crippen LogP contribution in [-0.2, 0) is 10.0 Å². The highest BCUT2D eigenvalue weighted by Gasteiger charge is 2.24. The Morgan fingerprint density at radius 1 is 1.17 bits per heavy atom. The standard InChI is InChI=1S/C20H16FN5O2S/c1-3-13-9-23-19(25-18(13)22)17-11-26(20-16(17)8-14(21)10-24-20)29(27,28)15-6-4-12(2)5-7-15/h3-11H,1H2,2H3,(H2,22,23,25). The summed E-state index contributed by atoms with van der Waals surface area (Å²) in [4.78, 5) is 12.5. The summed E-state index contributed by atoms with van der Waals surface area (Å²) >= 11 is 0. The molecule has 0 amide bonds. The quantitative estimate of drug-likeness (QED) is 0.554. The second-order valence-corrected chi connectivity index (χ2v) is 8.23. The highest BCUT2D eigenvalue weighted by molar-refractivity contribution is 7.90. The summed E-state index contributed by atoms with van der Waals surface area (Å²) in [5.41, 5.74) is 7.73. The lowest BCUT2D eigenvalue weighted by atomic mass is 10.2. The monoisotopic (exact) mass is 409 g/mol. The third kappa shape index (κ3) is 3.15. The second kappa shape index (κ2) is 6.78. The van der Waals surface area contributed by atoms with E-state index < -0.39 is 15.8 Å². The summed E-state index contributed by atoms with van der Waals surface area (Å²) in [7, 11) is -3.98. The zero-order valence-corrected chi connectivity index (χ0v) is 16.2. The van der Waals surface area contributed by atoms with Crippen molar-refractivity contribution in [3.63, 3.8) is 0 Å². The van der Waals surface area contributed by atoms with Crippen LogP contribution in [0.4, 0.5) is 10.2 Å². The van der Waals surface area contributed by atoms with Crippen molar-refractivity contribution in [1.82, 2.24) is 18.9 Å². The Hall–Kier alpha value is -3.59. The summed E-state index contributed by atoms with van der Waals surface area (Å²) in [5.74, 6) is -0.278. The summed E-state index contributed by atoms with van der Waals surface area (Å²) in [5, 5.41) is 0.256. The molecule has 4 aromatic rings. The number of fused-ring (bicyclic) bond motifs is 1. The highest BCUT2D eigenvalue weighted by atomic mass is 32.2. The lowest BCUT2D eigenvalue weighted by Gasteiger charge is -2.07. The summed E-state index contributed by atoms with van der Waals surface area (Å²) in [6.45, 7) is 5.49. The van der Waals surface area contributed by atoms with E-state index in [2.05, 4.69) is 21.5 Å². The van der Waals surface area contributed by atoms with Crippen LogP contribution in [0.1, 0.15) is 11.1 Å². The van der Waals surface area contributed by atoms with E-state index in [1.807, 2.05) is 6.92 Å². The smallest absolute Gasteiger partial charge is 0.269 e. The highest BCUT2D eigenvalue weighted by Crippen LogP contribution is 2.31. The molecule has 0 atom stereocenters. The van der Waals surface area contributed by atoms with Gasteiger partial charge in [0.2, 0.25) is 0 Å². The van der Waals surface area contributed by atoms with Crippen molar-refractivity contribution in [3.8, 4) is 11.4 Å². The van der Waals surface area contributed by atoms with Crippen molar-refractivity contribution in [2.75, 3.05) is 5.73 Å². The van der Waals surface area contributed by atoms with Gasteiger partial charge >= 0.3 is 0 Å². The molecule has 7 nitrogen and oxygen atoms in total. The van der Waals surface area contributed by atoms with Crippen molar-refractivity contribution in [2.24, 2.45) is 0 Å². The van der Waals surface area contributed by atoms with Crippen LogP contribution in [0.25, 0.3) is 28.5 Å². The van der Waals surface area contributed by atoms with Gasteiger partial charge in [-0.3, -0.25) is 0 Å². The largest absolute Gasteiger partial charge is 0.383 e. The molecule has 1 aromatic carbocycles. The topological polar surface area (TPSA) is 104 Å². The molecule has 0 unspecified atom stereocenters. The number of nitrogen functional groups attached to an aromatic ring is 1. The number of benzene rings is 1. The number of rotatable bonds is 4. The van der Waals surface area contributed by atoms with Gasteiger partial charge in [-0.1, -0.05) is 30.4 Å². The third-order valence-electron chi connectivity index (χ3n) is 4.47. The number of anilines is 1. The Bertz CT molecular complexity index is 1360. The van der Waals surface area contributed by atoms with E-state index in [4.69, 9.17) is 5.73 Å². The fraction of sp³-hybridized carbons (Fsp3) is 0.0500. The maximum Gasteiger partial charge on any atom is 0.269 e. The Labute approximate surface area is 166 Å². The summed E-state index contributed by atoms with van der Waals surface area (Å²) < 4.78 is 41.3. The molecule has 3 heterocycles. The zero-order valence-electron chi connectivity index (χ0n) is 15.4. The summed E-state index contributed by atoms with van der Waals surface area (Å²) in [6, 6.07) is 7.61. The minimum atomic E-state index is -3.98. The molecule has 0 aliphatic carbocycles. The molecule has 0 saturated carbocycles. The zero-order chi connectivity index (χ0) is 20.8. The fourth-order valence-electron chi connectivity index (χ4n) is 2.93. The summed E-state index contributed by atoms with van der Waals surface area (Å²) in [6.07, 6.45) is 5.26. The van der Waals surface area contributed by atoms with Gasteiger partial charge in [0.25, 0.3) is 10.0 Å². The van der Waals surface area contributed by atoms with Gasteiger partial charge in [0.05, 0.1) is 11.1 Å². The van der Waals surface area contributed by atoms with Crippen LogP contribution in [0.3, 0.4) is 0 Å². The van der Waals surface area contributed by atoms with Gasteiger partial charge in [0.1, 0.15) is 11.6 Å². The molecule has 3 aromatic heterocycles. The van der Waals surface area contributed by atoms with Gasteiger partial charge in [0.15, 0.2) is 11.5 Å². The Morgan fingerprint density at radius 2 is 1.90 bits per heavy atom. The van der Waals surface area contributed by atoms with Crippen LogP contribution in [0.2, 0.25) is 0 Å². The molecule has 0 radical (unpaired) electrons. The third-order valence-corrected chi connectivity index (χ3v) is 6.13. The van der Waals surface area contributed by atoms with Crippen LogP contribution in [0, 0.1) is 12.7 Å². The molecule has 0 spiro atoms. The average Bonchev–Trinajstić information content (AvgIpc) is 3.07. The van der Waals surface area contributed by atoms with Gasteiger partial charge in [-0.2, -0.15) is 0 Å². The van der Waals surface area contributed by atoms with Crippen molar-refractivity contribution in [2.45, 2.75) is 11.8 Å². The first-order valence-corrected chi connectivity index (χ1v) is 9.99. The molecule has 9 heteroatoms. The minimum Gasteiger partial charge on any atom is -0.383 e. The van der Waals surface area contributed by atoms with Crippen molar-refractivity contribution in [3.05, 3.63) is 72.4 Å². The lowest BCUT2D eigenvalue weighted by Crippen LogP contribution is -2.12. The van der Waals surface area contributed by atoms with Gasteiger partial charge < -0.3 is 5.73 Å². The molecule has 0 saturated heterocycles.